The smallest absolute Gasteiger partial charge is 0.326 e. The fraction of sp³-hybridized carbons (Fsp3) is 0.531. The van der Waals surface area contributed by atoms with E-state index in [1.807, 2.05) is 32.0 Å². The molecule has 33 nitrogen and oxygen atoms in total. The number of nitrogens with zero attached hydrogens (tertiary/aromatic N) is 1. The third kappa shape index (κ3) is 28.1. The number of para-hydroxylation sites is 1. The van der Waals surface area contributed by atoms with Crippen LogP contribution in [0.4, 0.5) is 0 Å². The summed E-state index contributed by atoms with van der Waals surface area (Å²) in [4.78, 5) is 174. The molecule has 33 heteroatoms. The highest BCUT2D eigenvalue weighted by atomic mass is 16.4. The van der Waals surface area contributed by atoms with Gasteiger partial charge < -0.3 is 101 Å². The Labute approximate surface area is 561 Å². The average Bonchev–Trinajstić information content (AvgIpc) is 1.74. The Balaban J connectivity index is 1.69. The van der Waals surface area contributed by atoms with Crippen LogP contribution in [0.5, 0.6) is 0 Å². The van der Waals surface area contributed by atoms with Gasteiger partial charge in [0, 0.05) is 61.9 Å². The van der Waals surface area contributed by atoms with Gasteiger partial charge in [0.25, 0.3) is 0 Å². The van der Waals surface area contributed by atoms with Crippen LogP contribution in [0.15, 0.2) is 73.3 Å². The number of fused-ring (bicyclic) bond motifs is 1. The predicted molar refractivity (Wildman–Crippen MR) is 355 cm³/mol. The van der Waals surface area contributed by atoms with Gasteiger partial charge in [0.15, 0.2) is 5.96 Å². The fourth-order valence-corrected chi connectivity index (χ4v) is 10.4. The highest BCUT2D eigenvalue weighted by Gasteiger charge is 2.38. The van der Waals surface area contributed by atoms with E-state index in [1.165, 1.54) is 12.5 Å². The third-order valence-electron chi connectivity index (χ3n) is 15.5. The maximum Gasteiger partial charge on any atom is 0.326 e. The van der Waals surface area contributed by atoms with Gasteiger partial charge in [0.05, 0.1) is 24.2 Å². The number of carbonyl (C=O) groups is 12. The first-order valence-electron chi connectivity index (χ1n) is 32.2. The number of carbonyl (C=O) groups excluding carboxylic acids is 10. The number of primary amides is 1. The molecule has 2 aromatic carbocycles. The molecule has 0 aliphatic heterocycles. The molecule has 4 rings (SSSR count). The number of aliphatic hydroxyl groups is 1. The molecule has 11 atom stereocenters. The summed E-state index contributed by atoms with van der Waals surface area (Å²) in [5, 5.41) is 64.5. The largest absolute Gasteiger partial charge is 0.481 e. The molecule has 4 aromatic rings. The minimum atomic E-state index is -1.93. The maximum atomic E-state index is 14.9. The number of nitrogens with two attached hydrogens (primary N) is 4. The number of aliphatic carboxylic acids is 2. The van der Waals surface area contributed by atoms with Crippen molar-refractivity contribution in [1.29, 1.82) is 5.41 Å². The van der Waals surface area contributed by atoms with Crippen molar-refractivity contribution in [3.05, 3.63) is 90.1 Å². The van der Waals surface area contributed by atoms with Gasteiger partial charge in [-0.3, -0.25) is 58.1 Å². The number of H-pyrrole nitrogens is 2. The summed E-state index contributed by atoms with van der Waals surface area (Å²) in [5.41, 5.74) is 24.8. The van der Waals surface area contributed by atoms with Gasteiger partial charge in [0.1, 0.15) is 54.4 Å². The van der Waals surface area contributed by atoms with E-state index in [0.717, 1.165) is 17.8 Å². The Bertz CT molecular complexity index is 3290. The van der Waals surface area contributed by atoms with Crippen LogP contribution in [-0.4, -0.2) is 187 Å². The van der Waals surface area contributed by atoms with Crippen molar-refractivity contribution in [3.8, 4) is 0 Å². The molecular weight excluding hydrogens is 1260 g/mol. The zero-order valence-electron chi connectivity index (χ0n) is 55.2. The molecule has 0 saturated heterocycles. The van der Waals surface area contributed by atoms with Gasteiger partial charge in [-0.05, 0) is 100 Å². The molecule has 0 aliphatic carbocycles. The van der Waals surface area contributed by atoms with Gasteiger partial charge in [-0.25, -0.2) is 9.78 Å². The molecule has 0 radical (unpaired) electrons. The number of aromatic amines is 2. The number of carboxylic acids is 2. The van der Waals surface area contributed by atoms with E-state index < -0.39 is 169 Å². The molecule has 0 saturated carbocycles. The number of guanidine groups is 1. The lowest BCUT2D eigenvalue weighted by Crippen LogP contribution is -2.62. The minimum Gasteiger partial charge on any atom is -0.481 e. The Hall–Kier alpha value is -10.0. The van der Waals surface area contributed by atoms with E-state index in [1.54, 1.807) is 56.4 Å². The average molecular weight is 1360 g/mol. The summed E-state index contributed by atoms with van der Waals surface area (Å²) >= 11 is 0. The number of hydrogen-bond donors (Lipinski definition) is 20. The van der Waals surface area contributed by atoms with Gasteiger partial charge >= 0.3 is 11.9 Å². The molecule has 2 aromatic heterocycles. The SMILES string of the molecule is CC(C)C[C@H](NC(=O)[C@H](Cc1c[nH]c2ccccc12)NC(=O)[C@H](CCCCN)NC(=O)[C@@H](N)CC(C)C)C(=O)N[C@@H](CCCNC(=N)N)C(=O)N[C@@H](Cc1c[nH]cn1)C(=O)N[C@@H](Cc1ccccc1)C(=O)N[C@H](C(=O)N[C@@H](CCC(=O)O)C(=O)N[C@@H](CCC(N)=O)C(=O)O)[C@@H](C)O. The number of imidazole rings is 1. The molecule has 97 heavy (non-hydrogen) atoms. The van der Waals surface area contributed by atoms with Crippen LogP contribution in [-0.2, 0) is 76.8 Å². The van der Waals surface area contributed by atoms with Crippen LogP contribution in [0.2, 0.25) is 0 Å². The summed E-state index contributed by atoms with van der Waals surface area (Å²) in [6.45, 7) is 8.83. The zero-order valence-corrected chi connectivity index (χ0v) is 55.2. The minimum absolute atomic E-state index is 0.00275. The van der Waals surface area contributed by atoms with E-state index in [4.69, 9.17) is 28.3 Å². The molecule has 0 unspecified atom stereocenters. The highest BCUT2D eigenvalue weighted by molar-refractivity contribution is 5.99. The number of unbranched alkanes of at least 4 members (excludes halogenated alkanes) is 1. The van der Waals surface area contributed by atoms with Gasteiger partial charge in [-0.1, -0.05) is 76.2 Å². The first-order chi connectivity index (χ1) is 46.0. The first-order valence-corrected chi connectivity index (χ1v) is 32.2. The van der Waals surface area contributed by atoms with Crippen molar-refractivity contribution in [2.75, 3.05) is 13.1 Å². The topological polar surface area (TPSA) is 558 Å². The normalized spacial score (nSPS) is 14.7. The molecule has 2 heterocycles. The Morgan fingerprint density at radius 3 is 1.59 bits per heavy atom. The Morgan fingerprint density at radius 1 is 0.536 bits per heavy atom. The monoisotopic (exact) mass is 1360 g/mol. The number of carboxylic acid groups (broad SMARTS) is 2. The van der Waals surface area contributed by atoms with Crippen molar-refractivity contribution in [3.63, 3.8) is 0 Å². The van der Waals surface area contributed by atoms with Crippen LogP contribution in [0, 0.1) is 17.2 Å². The van der Waals surface area contributed by atoms with Crippen LogP contribution >= 0.6 is 0 Å². The molecule has 532 valence electrons. The van der Waals surface area contributed by atoms with Gasteiger partial charge in [-0.15, -0.1) is 0 Å². The van der Waals surface area contributed by atoms with E-state index >= 15 is 0 Å². The quantitative estimate of drug-likeness (QED) is 0.0126. The molecule has 10 amide bonds. The van der Waals surface area contributed by atoms with E-state index in [0.29, 0.717) is 36.9 Å². The fourth-order valence-electron chi connectivity index (χ4n) is 10.4. The number of aromatic nitrogens is 3. The van der Waals surface area contributed by atoms with E-state index in [2.05, 4.69) is 68.1 Å². The van der Waals surface area contributed by atoms with Crippen molar-refractivity contribution in [2.24, 2.45) is 34.8 Å². The van der Waals surface area contributed by atoms with Crippen LogP contribution in [0.3, 0.4) is 0 Å². The first kappa shape index (κ1) is 79.4. The molecule has 0 fully saturated rings. The second-order valence-electron chi connectivity index (χ2n) is 24.6. The molecule has 0 aliphatic rings. The van der Waals surface area contributed by atoms with Crippen molar-refractivity contribution in [2.45, 2.75) is 191 Å². The third-order valence-corrected chi connectivity index (χ3v) is 15.5. The molecule has 0 spiro atoms. The van der Waals surface area contributed by atoms with Crippen molar-refractivity contribution >= 4 is 87.9 Å². The molecular formula is C64H96N18O15. The lowest BCUT2D eigenvalue weighted by atomic mass is 9.99. The standard InChI is InChI=1S/C64H96N18O15/c1-34(2)26-41(66)54(87)74-43(18-11-12-24-65)55(88)80-49(29-38-31-72-42-17-10-9-16-40(38)42)59(92)78-47(27-35(3)4)58(91)75-44(19-13-25-71-64(68)69)56(89)81-50(30-39-32-70-33-73-39)60(93)79-48(28-37-14-7-6-8-15-37)61(94)82-53(36(5)83)62(95)76-45(21-23-52(85)86)57(90)77-46(63(96)97)20-22-51(67)84/h6-10,14-17,31-36,41,43-50,53,72,83H,11-13,18-30,65-66H2,1-5H3,(H2,67,84)(H,70,73)(H,74,87)(H,75,91)(H,76,95)(H,77,90)(H,78,92)(H,79,93)(H,80,88)(H,81,89)(H,82,94)(H,85,86)(H,96,97)(H4,68,69,71)/t36-,41+,43+,44+,45+,46+,47+,48+,49+,50+,53+/m1/s1. The van der Waals surface area contributed by atoms with Crippen molar-refractivity contribution < 1.29 is 72.9 Å². The number of hydrogen-bond acceptors (Lipinski definition) is 17. The highest BCUT2D eigenvalue weighted by Crippen LogP contribution is 2.21. The molecule has 0 bridgehead atoms. The van der Waals surface area contributed by atoms with E-state index in [9.17, 15) is 72.9 Å². The Kier molecular flexibility index (Phi) is 33.1. The number of rotatable bonds is 44. The lowest BCUT2D eigenvalue weighted by Gasteiger charge is -2.29. The zero-order chi connectivity index (χ0) is 71.9. The summed E-state index contributed by atoms with van der Waals surface area (Å²) in [6, 6.07) is 0.548. The summed E-state index contributed by atoms with van der Waals surface area (Å²) in [6.07, 6.45) is 1.09. The summed E-state index contributed by atoms with van der Waals surface area (Å²) in [5.74, 6) is -12.9. The Morgan fingerprint density at radius 2 is 1.03 bits per heavy atom. The number of aliphatic hydroxyl groups excluding tert-OH is 1. The van der Waals surface area contributed by atoms with Gasteiger partial charge in [-0.2, -0.15) is 0 Å². The predicted octanol–water partition coefficient (Wildman–Crippen LogP) is -2.31. The van der Waals surface area contributed by atoms with Crippen LogP contribution in [0.25, 0.3) is 10.9 Å². The second kappa shape index (κ2) is 40.4. The lowest BCUT2D eigenvalue weighted by molar-refractivity contribution is -0.143. The van der Waals surface area contributed by atoms with Crippen LogP contribution < -0.4 is 76.1 Å². The summed E-state index contributed by atoms with van der Waals surface area (Å²) in [7, 11) is 0. The maximum absolute atomic E-state index is 14.9. The van der Waals surface area contributed by atoms with Crippen LogP contribution in [0.1, 0.15) is 122 Å². The van der Waals surface area contributed by atoms with E-state index in [-0.39, 0.29) is 69.0 Å². The van der Waals surface area contributed by atoms with Gasteiger partial charge in [0.2, 0.25) is 59.1 Å². The number of amides is 10. The molecule has 24 N–H and O–H groups in total. The van der Waals surface area contributed by atoms with Crippen molar-refractivity contribution in [1.82, 2.24) is 68.1 Å². The number of benzene rings is 2. The second-order valence-corrected chi connectivity index (χ2v) is 24.6. The number of nitrogens with one attached hydrogen (secondary N) is 13. The summed E-state index contributed by atoms with van der Waals surface area (Å²) < 4.78 is 0.